The topological polar surface area (TPSA) is 56.3 Å². The third-order valence-electron chi connectivity index (χ3n) is 5.91. The quantitative estimate of drug-likeness (QED) is 0.745. The van der Waals surface area contributed by atoms with Crippen LogP contribution in [0, 0.1) is 11.8 Å². The summed E-state index contributed by atoms with van der Waals surface area (Å²) in [4.78, 5) is 32.0. The highest BCUT2D eigenvalue weighted by atomic mass is 35.5. The van der Waals surface area contributed by atoms with Gasteiger partial charge in [-0.1, -0.05) is 30.7 Å². The van der Waals surface area contributed by atoms with Gasteiger partial charge in [0.1, 0.15) is 10.9 Å². The zero-order valence-electron chi connectivity index (χ0n) is 14.3. The molecule has 0 radical (unpaired) electrons. The molecule has 134 valence electrons. The highest BCUT2D eigenvalue weighted by Crippen LogP contribution is 2.53. The molecule has 6 heteroatoms. The fourth-order valence-corrected chi connectivity index (χ4v) is 5.92. The first kappa shape index (κ1) is 16.6. The molecule has 2 aliphatic heterocycles. The molecule has 26 heavy (non-hydrogen) atoms. The Kier molecular flexibility index (Phi) is 3.82. The molecule has 2 bridgehead atoms. The zero-order valence-corrected chi connectivity index (χ0v) is 15.8. The van der Waals surface area contributed by atoms with Gasteiger partial charge in [0, 0.05) is 15.5 Å². The van der Waals surface area contributed by atoms with E-state index in [0.29, 0.717) is 10.7 Å². The lowest BCUT2D eigenvalue weighted by Crippen LogP contribution is -2.29. The van der Waals surface area contributed by atoms with Crippen molar-refractivity contribution >= 4 is 34.5 Å². The maximum Gasteiger partial charge on any atom is 0.155 e. The fourth-order valence-electron chi connectivity index (χ4n) is 4.75. The molecule has 2 saturated heterocycles. The van der Waals surface area contributed by atoms with Crippen molar-refractivity contribution in [1.82, 2.24) is 4.98 Å². The Hall–Kier alpha value is -1.56. The maximum atomic E-state index is 13.1. The van der Waals surface area contributed by atoms with Crippen LogP contribution in [0.4, 0.5) is 0 Å². The number of Topliss-reactive ketones (excluding diaryl/α,β-unsaturated/α-hetero) is 2. The van der Waals surface area contributed by atoms with Crippen molar-refractivity contribution < 1.29 is 14.3 Å². The van der Waals surface area contributed by atoms with Gasteiger partial charge in [0.25, 0.3) is 0 Å². The van der Waals surface area contributed by atoms with Crippen LogP contribution in [-0.2, 0) is 20.7 Å². The SMILES string of the molecule is CCc1sc(-c2ccc(Cl)cc2)nc1C1C(=O)[C@@H]2[C@H](C1=O)[C@@H]1CC[C@H]2O1. The number of thiazole rings is 1. The first-order valence-electron chi connectivity index (χ1n) is 9.07. The number of carbonyl (C=O) groups is 2. The lowest BCUT2D eigenvalue weighted by molar-refractivity contribution is -0.127. The number of hydrogen-bond donors (Lipinski definition) is 0. The predicted octanol–water partition coefficient (Wildman–Crippen LogP) is 4.05. The van der Waals surface area contributed by atoms with E-state index in [1.807, 2.05) is 31.2 Å². The lowest BCUT2D eigenvalue weighted by Gasteiger charge is -2.16. The Morgan fingerprint density at radius 1 is 1.12 bits per heavy atom. The minimum atomic E-state index is -0.704. The molecule has 1 aromatic carbocycles. The second-order valence-electron chi connectivity index (χ2n) is 7.27. The molecule has 1 saturated carbocycles. The number of rotatable bonds is 3. The van der Waals surface area contributed by atoms with Crippen LogP contribution in [0.1, 0.15) is 36.3 Å². The molecule has 0 N–H and O–H groups in total. The van der Waals surface area contributed by atoms with Gasteiger partial charge in [0.05, 0.1) is 29.7 Å². The molecule has 3 aliphatic rings. The molecule has 3 heterocycles. The third kappa shape index (κ3) is 2.27. The number of benzene rings is 1. The first-order valence-corrected chi connectivity index (χ1v) is 10.3. The molecule has 0 amide bonds. The Labute approximate surface area is 160 Å². The van der Waals surface area contributed by atoms with Crippen LogP contribution < -0.4 is 0 Å². The minimum Gasteiger partial charge on any atom is -0.373 e. The van der Waals surface area contributed by atoms with E-state index >= 15 is 0 Å². The highest BCUT2D eigenvalue weighted by Gasteiger charge is 2.63. The van der Waals surface area contributed by atoms with Crippen LogP contribution in [0.15, 0.2) is 24.3 Å². The molecule has 5 atom stereocenters. The maximum absolute atomic E-state index is 13.1. The summed E-state index contributed by atoms with van der Waals surface area (Å²) in [5.74, 6) is -1.16. The number of aryl methyl sites for hydroxylation is 1. The first-order chi connectivity index (χ1) is 12.6. The molecular formula is C20H18ClNO3S. The molecular weight excluding hydrogens is 370 g/mol. The van der Waals surface area contributed by atoms with Crippen LogP contribution in [0.25, 0.3) is 10.6 Å². The summed E-state index contributed by atoms with van der Waals surface area (Å²) in [6, 6.07) is 7.50. The smallest absolute Gasteiger partial charge is 0.155 e. The van der Waals surface area contributed by atoms with E-state index in [-0.39, 0.29) is 35.6 Å². The van der Waals surface area contributed by atoms with E-state index in [4.69, 9.17) is 21.3 Å². The van der Waals surface area contributed by atoms with Crippen molar-refractivity contribution in [1.29, 1.82) is 0 Å². The van der Waals surface area contributed by atoms with Gasteiger partial charge in [-0.05, 0) is 31.4 Å². The number of ether oxygens (including phenoxy) is 1. The van der Waals surface area contributed by atoms with Gasteiger partial charge in [-0.15, -0.1) is 11.3 Å². The number of carbonyl (C=O) groups excluding carboxylic acids is 2. The van der Waals surface area contributed by atoms with Crippen LogP contribution >= 0.6 is 22.9 Å². The van der Waals surface area contributed by atoms with E-state index in [0.717, 1.165) is 34.7 Å². The number of fused-ring (bicyclic) bond motifs is 5. The predicted molar refractivity (Wildman–Crippen MR) is 99.6 cm³/mol. The summed E-state index contributed by atoms with van der Waals surface area (Å²) in [5, 5.41) is 1.51. The van der Waals surface area contributed by atoms with Crippen LogP contribution in [-0.4, -0.2) is 28.8 Å². The zero-order chi connectivity index (χ0) is 18.0. The number of nitrogens with zero attached hydrogens (tertiary/aromatic N) is 1. The number of aromatic nitrogens is 1. The van der Waals surface area contributed by atoms with Crippen molar-refractivity contribution in [3.05, 3.63) is 39.9 Å². The van der Waals surface area contributed by atoms with E-state index < -0.39 is 5.92 Å². The summed E-state index contributed by atoms with van der Waals surface area (Å²) >= 11 is 7.54. The van der Waals surface area contributed by atoms with Crippen molar-refractivity contribution in [3.8, 4) is 10.6 Å². The number of halogens is 1. The van der Waals surface area contributed by atoms with Gasteiger partial charge in [0.15, 0.2) is 11.6 Å². The van der Waals surface area contributed by atoms with Gasteiger partial charge >= 0.3 is 0 Å². The van der Waals surface area contributed by atoms with E-state index in [9.17, 15) is 9.59 Å². The van der Waals surface area contributed by atoms with E-state index in [1.54, 1.807) is 11.3 Å². The molecule has 5 rings (SSSR count). The van der Waals surface area contributed by atoms with Crippen molar-refractivity contribution in [2.45, 2.75) is 44.3 Å². The number of ketones is 2. The monoisotopic (exact) mass is 387 g/mol. The Balaban J connectivity index is 1.55. The van der Waals surface area contributed by atoms with Gasteiger partial charge in [-0.3, -0.25) is 9.59 Å². The second kappa shape index (κ2) is 5.98. The molecule has 3 fully saturated rings. The van der Waals surface area contributed by atoms with Gasteiger partial charge in [-0.2, -0.15) is 0 Å². The van der Waals surface area contributed by atoms with Crippen molar-refractivity contribution in [3.63, 3.8) is 0 Å². The molecule has 2 aromatic rings. The normalized spacial score (nSPS) is 32.5. The van der Waals surface area contributed by atoms with Gasteiger partial charge in [0.2, 0.25) is 0 Å². The molecule has 1 aliphatic carbocycles. The highest BCUT2D eigenvalue weighted by molar-refractivity contribution is 7.15. The largest absolute Gasteiger partial charge is 0.373 e. The summed E-state index contributed by atoms with van der Waals surface area (Å²) in [6.45, 7) is 2.04. The lowest BCUT2D eigenvalue weighted by atomic mass is 9.81. The standard InChI is InChI=1S/C20H18ClNO3S/c1-2-13-17(22-20(26-13)9-3-5-10(21)6-4-9)16-18(23)14-11-7-8-12(25-11)15(14)19(16)24/h3-6,11-12,14-16H,2,7-8H2,1H3/t11-,12+,14+,15-,16?. The molecule has 4 nitrogen and oxygen atoms in total. The van der Waals surface area contributed by atoms with Crippen LogP contribution in [0.5, 0.6) is 0 Å². The average molecular weight is 388 g/mol. The van der Waals surface area contributed by atoms with Crippen molar-refractivity contribution in [2.24, 2.45) is 11.8 Å². The van der Waals surface area contributed by atoms with Crippen LogP contribution in [0.3, 0.4) is 0 Å². The number of hydrogen-bond acceptors (Lipinski definition) is 5. The van der Waals surface area contributed by atoms with E-state index in [2.05, 4.69) is 0 Å². The third-order valence-corrected chi connectivity index (χ3v) is 7.43. The Bertz CT molecular complexity index is 878. The minimum absolute atomic E-state index is 0.0230. The Morgan fingerprint density at radius 2 is 1.73 bits per heavy atom. The summed E-state index contributed by atoms with van der Waals surface area (Å²) in [5.41, 5.74) is 1.63. The molecule has 1 unspecified atom stereocenters. The van der Waals surface area contributed by atoms with Gasteiger partial charge < -0.3 is 4.74 Å². The fraction of sp³-hybridized carbons (Fsp3) is 0.450. The molecule has 0 spiro atoms. The van der Waals surface area contributed by atoms with Crippen LogP contribution in [0.2, 0.25) is 5.02 Å². The summed E-state index contributed by atoms with van der Waals surface area (Å²) in [6.07, 6.45) is 2.42. The Morgan fingerprint density at radius 3 is 2.31 bits per heavy atom. The van der Waals surface area contributed by atoms with Crippen molar-refractivity contribution in [2.75, 3.05) is 0 Å². The summed E-state index contributed by atoms with van der Waals surface area (Å²) < 4.78 is 5.83. The van der Waals surface area contributed by atoms with E-state index in [1.165, 1.54) is 0 Å². The summed E-state index contributed by atoms with van der Waals surface area (Å²) in [7, 11) is 0. The second-order valence-corrected chi connectivity index (χ2v) is 8.79. The molecule has 1 aromatic heterocycles. The van der Waals surface area contributed by atoms with Gasteiger partial charge in [-0.25, -0.2) is 4.98 Å². The average Bonchev–Trinajstić information content (AvgIpc) is 3.39.